The number of nitrogens with one attached hydrogen (secondary N) is 1. The minimum absolute atomic E-state index is 0.413. The highest BCUT2D eigenvalue weighted by atomic mass is 16.6. The third-order valence-electron chi connectivity index (χ3n) is 3.10. The van der Waals surface area contributed by atoms with E-state index in [1.807, 2.05) is 57.4 Å². The molecule has 122 valence electrons. The Balaban J connectivity index is 1.90. The highest BCUT2D eigenvalue weighted by molar-refractivity contribution is 5.67. The van der Waals surface area contributed by atoms with E-state index in [0.29, 0.717) is 13.1 Å². The minimum atomic E-state index is -0.487. The number of carbonyl (C=O) groups excluding carboxylic acids is 1. The maximum atomic E-state index is 11.6. The molecule has 0 aliphatic heterocycles. The number of carbonyl (C=O) groups is 1. The summed E-state index contributed by atoms with van der Waals surface area (Å²) in [5.74, 6) is 0. The third kappa shape index (κ3) is 5.29. The van der Waals surface area contributed by atoms with Crippen LogP contribution in [0.15, 0.2) is 43.2 Å². The molecule has 2 rings (SSSR count). The Labute approximate surface area is 137 Å². The molecule has 0 spiro atoms. The number of ether oxygens (including phenoxy) is 1. The Morgan fingerprint density at radius 1 is 1.39 bits per heavy atom. The van der Waals surface area contributed by atoms with Crippen LogP contribution in [0, 0.1) is 0 Å². The summed E-state index contributed by atoms with van der Waals surface area (Å²) in [6.45, 7) is 10.3. The Bertz CT molecular complexity index is 684. The molecule has 0 atom stereocenters. The summed E-state index contributed by atoms with van der Waals surface area (Å²) in [5.41, 5.74) is 2.71. The molecule has 0 radical (unpaired) electrons. The number of hydrogen-bond donors (Lipinski definition) is 1. The number of alkyl carbamates (subject to hydrolysis) is 1. The van der Waals surface area contributed by atoms with Gasteiger partial charge < -0.3 is 10.1 Å². The van der Waals surface area contributed by atoms with Crippen molar-refractivity contribution in [2.45, 2.75) is 32.9 Å². The van der Waals surface area contributed by atoms with Crippen LogP contribution in [0.4, 0.5) is 4.79 Å². The molecule has 1 aromatic carbocycles. The summed E-state index contributed by atoms with van der Waals surface area (Å²) >= 11 is 0. The Morgan fingerprint density at radius 3 is 2.87 bits per heavy atom. The quantitative estimate of drug-likeness (QED) is 0.915. The van der Waals surface area contributed by atoms with Gasteiger partial charge in [-0.3, -0.25) is 4.68 Å². The van der Waals surface area contributed by atoms with Gasteiger partial charge in [0.1, 0.15) is 5.60 Å². The third-order valence-corrected chi connectivity index (χ3v) is 3.10. The van der Waals surface area contributed by atoms with Crippen LogP contribution >= 0.6 is 0 Å². The first-order valence-electron chi connectivity index (χ1n) is 7.59. The second-order valence-corrected chi connectivity index (χ2v) is 6.25. The smallest absolute Gasteiger partial charge is 0.407 e. The zero-order valence-electron chi connectivity index (χ0n) is 13.9. The fourth-order valence-corrected chi connectivity index (χ4v) is 2.07. The summed E-state index contributed by atoms with van der Waals surface area (Å²) < 4.78 is 6.99. The van der Waals surface area contributed by atoms with E-state index in [0.717, 1.165) is 16.7 Å². The van der Waals surface area contributed by atoms with Gasteiger partial charge in [-0.1, -0.05) is 30.9 Å². The van der Waals surface area contributed by atoms with Crippen molar-refractivity contribution in [3.05, 3.63) is 48.8 Å². The molecule has 1 heterocycles. The average Bonchev–Trinajstić information content (AvgIpc) is 2.94. The van der Waals surface area contributed by atoms with Crippen molar-refractivity contribution in [1.29, 1.82) is 0 Å². The predicted molar refractivity (Wildman–Crippen MR) is 92.0 cm³/mol. The van der Waals surface area contributed by atoms with Crippen LogP contribution in [0.3, 0.4) is 0 Å². The van der Waals surface area contributed by atoms with E-state index < -0.39 is 11.7 Å². The van der Waals surface area contributed by atoms with Gasteiger partial charge in [-0.2, -0.15) is 5.10 Å². The molecule has 0 unspecified atom stereocenters. The molecular weight excluding hydrogens is 290 g/mol. The highest BCUT2D eigenvalue weighted by Gasteiger charge is 2.15. The number of aromatic nitrogens is 2. The Kier molecular flexibility index (Phi) is 5.21. The van der Waals surface area contributed by atoms with Crippen LogP contribution in [0.5, 0.6) is 0 Å². The highest BCUT2D eigenvalue weighted by Crippen LogP contribution is 2.20. The van der Waals surface area contributed by atoms with Crippen molar-refractivity contribution in [3.8, 4) is 11.1 Å². The normalized spacial score (nSPS) is 11.1. The Morgan fingerprint density at radius 2 is 2.17 bits per heavy atom. The van der Waals surface area contributed by atoms with Gasteiger partial charge in [-0.15, -0.1) is 0 Å². The number of benzene rings is 1. The first kappa shape index (κ1) is 16.8. The second-order valence-electron chi connectivity index (χ2n) is 6.25. The molecule has 0 aliphatic carbocycles. The van der Waals surface area contributed by atoms with Gasteiger partial charge in [0.25, 0.3) is 0 Å². The molecule has 0 aliphatic rings. The van der Waals surface area contributed by atoms with E-state index in [2.05, 4.69) is 23.1 Å². The molecule has 5 heteroatoms. The van der Waals surface area contributed by atoms with Crippen molar-refractivity contribution < 1.29 is 9.53 Å². The fourth-order valence-electron chi connectivity index (χ4n) is 2.07. The molecule has 0 fully saturated rings. The zero-order valence-corrected chi connectivity index (χ0v) is 13.9. The summed E-state index contributed by atoms with van der Waals surface area (Å²) in [5, 5.41) is 7.04. The van der Waals surface area contributed by atoms with Gasteiger partial charge in [0.15, 0.2) is 0 Å². The molecule has 1 aromatic heterocycles. The van der Waals surface area contributed by atoms with Crippen molar-refractivity contribution >= 4 is 12.2 Å². The van der Waals surface area contributed by atoms with Gasteiger partial charge in [-0.25, -0.2) is 4.79 Å². The van der Waals surface area contributed by atoms with Crippen molar-refractivity contribution in [2.75, 3.05) is 6.54 Å². The number of amides is 1. The molecule has 0 saturated carbocycles. The van der Waals surface area contributed by atoms with Gasteiger partial charge >= 0.3 is 6.09 Å². The summed E-state index contributed by atoms with van der Waals surface area (Å²) in [6, 6.07) is 8.10. The van der Waals surface area contributed by atoms with E-state index in [9.17, 15) is 4.79 Å². The van der Waals surface area contributed by atoms with E-state index >= 15 is 0 Å². The summed E-state index contributed by atoms with van der Waals surface area (Å²) in [4.78, 5) is 11.6. The van der Waals surface area contributed by atoms with Crippen LogP contribution in [0.25, 0.3) is 17.2 Å². The molecule has 2 aromatic rings. The van der Waals surface area contributed by atoms with Crippen LogP contribution < -0.4 is 5.32 Å². The molecule has 5 nitrogen and oxygen atoms in total. The molecule has 23 heavy (non-hydrogen) atoms. The average molecular weight is 313 g/mol. The molecular formula is C18H23N3O2. The molecule has 1 amide bonds. The first-order chi connectivity index (χ1) is 10.9. The topological polar surface area (TPSA) is 56.2 Å². The predicted octanol–water partition coefficient (Wildman–Crippen LogP) is 3.72. The van der Waals surface area contributed by atoms with Gasteiger partial charge in [-0.05, 0) is 38.0 Å². The van der Waals surface area contributed by atoms with Crippen molar-refractivity contribution in [2.24, 2.45) is 0 Å². The van der Waals surface area contributed by atoms with E-state index in [1.54, 1.807) is 4.68 Å². The number of nitrogens with zero attached hydrogens (tertiary/aromatic N) is 2. The fraction of sp³-hybridized carbons (Fsp3) is 0.333. The lowest BCUT2D eigenvalue weighted by atomic mass is 10.1. The lowest BCUT2D eigenvalue weighted by Gasteiger charge is -2.19. The molecule has 1 N–H and O–H groups in total. The lowest BCUT2D eigenvalue weighted by molar-refractivity contribution is 0.0525. The largest absolute Gasteiger partial charge is 0.444 e. The monoisotopic (exact) mass is 313 g/mol. The summed E-state index contributed by atoms with van der Waals surface area (Å²) in [7, 11) is 0. The summed E-state index contributed by atoms with van der Waals surface area (Å²) in [6.07, 6.45) is 5.18. The van der Waals surface area contributed by atoms with Gasteiger partial charge in [0, 0.05) is 18.3 Å². The lowest BCUT2D eigenvalue weighted by Crippen LogP contribution is -2.34. The zero-order chi connectivity index (χ0) is 16.9. The molecule has 0 bridgehead atoms. The maximum absolute atomic E-state index is 11.6. The van der Waals surface area contributed by atoms with Gasteiger partial charge in [0.2, 0.25) is 0 Å². The van der Waals surface area contributed by atoms with E-state index in [4.69, 9.17) is 4.74 Å². The maximum Gasteiger partial charge on any atom is 0.407 e. The molecule has 0 saturated heterocycles. The SMILES string of the molecule is C=Cc1cccc(-c2cnn(CCNC(=O)OC(C)(C)C)c2)c1. The van der Waals surface area contributed by atoms with Gasteiger partial charge in [0.05, 0.1) is 12.7 Å². The van der Waals surface area contributed by atoms with Crippen LogP contribution in [0.1, 0.15) is 26.3 Å². The van der Waals surface area contributed by atoms with Crippen LogP contribution in [-0.2, 0) is 11.3 Å². The van der Waals surface area contributed by atoms with Crippen LogP contribution in [0.2, 0.25) is 0 Å². The Hall–Kier alpha value is -2.56. The second kappa shape index (κ2) is 7.13. The number of rotatable bonds is 5. The minimum Gasteiger partial charge on any atom is -0.444 e. The van der Waals surface area contributed by atoms with E-state index in [1.165, 1.54) is 0 Å². The van der Waals surface area contributed by atoms with Crippen LogP contribution in [-0.4, -0.2) is 28.0 Å². The van der Waals surface area contributed by atoms with Crippen molar-refractivity contribution in [3.63, 3.8) is 0 Å². The number of hydrogen-bond acceptors (Lipinski definition) is 3. The van der Waals surface area contributed by atoms with Crippen molar-refractivity contribution in [1.82, 2.24) is 15.1 Å². The standard InChI is InChI=1S/C18H23N3O2/c1-5-14-7-6-8-15(11-14)16-12-20-21(13-16)10-9-19-17(22)23-18(2,3)4/h5-8,11-13H,1,9-10H2,2-4H3,(H,19,22). The first-order valence-corrected chi connectivity index (χ1v) is 7.59. The van der Waals surface area contributed by atoms with E-state index in [-0.39, 0.29) is 0 Å².